The molecular weight excluding hydrogens is 226 g/mol. The Balaban J connectivity index is 2.21. The Labute approximate surface area is 99.8 Å². The van der Waals surface area contributed by atoms with E-state index in [1.807, 2.05) is 30.3 Å². The van der Waals surface area contributed by atoms with E-state index in [9.17, 15) is 9.59 Å². The average molecular weight is 240 g/mol. The predicted octanol–water partition coefficient (Wildman–Crippen LogP) is 1.89. The molecule has 0 unspecified atom stereocenters. The molecule has 0 aromatic heterocycles. The highest BCUT2D eigenvalue weighted by atomic mass is 35.5. The van der Waals surface area contributed by atoms with Crippen LogP contribution in [0.3, 0.4) is 0 Å². The van der Waals surface area contributed by atoms with E-state index in [0.29, 0.717) is 6.42 Å². The summed E-state index contributed by atoms with van der Waals surface area (Å²) in [6, 6.07) is 9.91. The average Bonchev–Trinajstić information content (AvgIpc) is 2.30. The summed E-state index contributed by atoms with van der Waals surface area (Å²) in [6.07, 6.45) is 1.91. The fourth-order valence-corrected chi connectivity index (χ4v) is 1.42. The molecular formula is C12H14ClNO2. The maximum Gasteiger partial charge on any atom is 0.241 e. The number of imide groups is 1. The number of benzene rings is 1. The first-order chi connectivity index (χ1) is 7.72. The third-order valence-corrected chi connectivity index (χ3v) is 2.36. The third-order valence-electron chi connectivity index (χ3n) is 2.11. The van der Waals surface area contributed by atoms with E-state index in [1.54, 1.807) is 0 Å². The lowest BCUT2D eigenvalue weighted by molar-refractivity contribution is -0.129. The Kier molecular flexibility index (Phi) is 5.57. The zero-order valence-electron chi connectivity index (χ0n) is 8.91. The predicted molar refractivity (Wildman–Crippen MR) is 63.2 cm³/mol. The summed E-state index contributed by atoms with van der Waals surface area (Å²) in [5.74, 6) is -0.877. The molecule has 2 amide bonds. The van der Waals surface area contributed by atoms with Gasteiger partial charge in [0.05, 0.1) is 0 Å². The minimum Gasteiger partial charge on any atom is -0.295 e. The van der Waals surface area contributed by atoms with Crippen molar-refractivity contribution >= 4 is 23.4 Å². The van der Waals surface area contributed by atoms with Gasteiger partial charge in [0.15, 0.2) is 0 Å². The van der Waals surface area contributed by atoms with E-state index in [1.165, 1.54) is 5.56 Å². The summed E-state index contributed by atoms with van der Waals surface area (Å²) in [5.41, 5.74) is 1.19. The molecule has 0 aliphatic rings. The number of hydrogen-bond donors (Lipinski definition) is 1. The molecule has 0 radical (unpaired) electrons. The Morgan fingerprint density at radius 1 is 1.12 bits per heavy atom. The highest BCUT2D eigenvalue weighted by Crippen LogP contribution is 2.04. The molecule has 0 fully saturated rings. The molecule has 1 aromatic rings. The van der Waals surface area contributed by atoms with Crippen molar-refractivity contribution in [3.63, 3.8) is 0 Å². The first kappa shape index (κ1) is 12.7. The quantitative estimate of drug-likeness (QED) is 0.798. The largest absolute Gasteiger partial charge is 0.295 e. The van der Waals surface area contributed by atoms with Crippen LogP contribution in [0.2, 0.25) is 0 Å². The fourth-order valence-electron chi connectivity index (χ4n) is 1.35. The van der Waals surface area contributed by atoms with Crippen LogP contribution in [0.1, 0.15) is 18.4 Å². The standard InChI is InChI=1S/C12H14ClNO2/c13-9-12(16)14-11(15)8-4-7-10-5-2-1-3-6-10/h1-3,5-6H,4,7-9H2,(H,14,15,16). The zero-order valence-corrected chi connectivity index (χ0v) is 9.67. The summed E-state index contributed by atoms with van der Waals surface area (Å²) in [5, 5.41) is 2.21. The molecule has 1 aromatic carbocycles. The summed E-state index contributed by atoms with van der Waals surface area (Å²) in [6.45, 7) is 0. The lowest BCUT2D eigenvalue weighted by atomic mass is 10.1. The van der Waals surface area contributed by atoms with Crippen LogP contribution in [0.4, 0.5) is 0 Å². The van der Waals surface area contributed by atoms with E-state index in [0.717, 1.165) is 12.8 Å². The molecule has 0 heterocycles. The fraction of sp³-hybridized carbons (Fsp3) is 0.333. The second-order valence-corrected chi connectivity index (χ2v) is 3.71. The summed E-state index contributed by atoms with van der Waals surface area (Å²) < 4.78 is 0. The van der Waals surface area contributed by atoms with Crippen molar-refractivity contribution in [2.45, 2.75) is 19.3 Å². The monoisotopic (exact) mass is 239 g/mol. The second-order valence-electron chi connectivity index (χ2n) is 3.44. The molecule has 0 saturated heterocycles. The Bertz CT molecular complexity index is 351. The summed E-state index contributed by atoms with van der Waals surface area (Å²) >= 11 is 5.26. The van der Waals surface area contributed by atoms with Gasteiger partial charge in [-0.3, -0.25) is 14.9 Å². The molecule has 0 aliphatic carbocycles. The van der Waals surface area contributed by atoms with Crippen LogP contribution in [-0.4, -0.2) is 17.7 Å². The number of amides is 2. The zero-order chi connectivity index (χ0) is 11.8. The molecule has 0 aliphatic heterocycles. The van der Waals surface area contributed by atoms with Gasteiger partial charge in [-0.1, -0.05) is 30.3 Å². The smallest absolute Gasteiger partial charge is 0.241 e. The molecule has 4 heteroatoms. The number of halogens is 1. The maximum absolute atomic E-state index is 11.2. The number of nitrogens with one attached hydrogen (secondary N) is 1. The van der Waals surface area contributed by atoms with E-state index < -0.39 is 5.91 Å². The van der Waals surface area contributed by atoms with E-state index >= 15 is 0 Å². The normalized spacial score (nSPS) is 9.81. The number of carbonyl (C=O) groups is 2. The number of carbonyl (C=O) groups excluding carboxylic acids is 2. The molecule has 1 rings (SSSR count). The van der Waals surface area contributed by atoms with Crippen molar-refractivity contribution in [2.75, 3.05) is 5.88 Å². The molecule has 0 saturated carbocycles. The van der Waals surface area contributed by atoms with Gasteiger partial charge in [-0.2, -0.15) is 0 Å². The molecule has 0 atom stereocenters. The molecule has 3 nitrogen and oxygen atoms in total. The Hall–Kier alpha value is -1.35. The van der Waals surface area contributed by atoms with Crippen LogP contribution in [0.5, 0.6) is 0 Å². The summed E-state index contributed by atoms with van der Waals surface area (Å²) in [4.78, 5) is 22.0. The molecule has 0 bridgehead atoms. The van der Waals surface area contributed by atoms with E-state index in [-0.39, 0.29) is 11.8 Å². The topological polar surface area (TPSA) is 46.2 Å². The van der Waals surface area contributed by atoms with Crippen molar-refractivity contribution in [1.82, 2.24) is 5.32 Å². The van der Waals surface area contributed by atoms with E-state index in [4.69, 9.17) is 11.6 Å². The van der Waals surface area contributed by atoms with Crippen LogP contribution in [0.25, 0.3) is 0 Å². The number of alkyl halides is 1. The maximum atomic E-state index is 11.2. The van der Waals surface area contributed by atoms with Gasteiger partial charge < -0.3 is 0 Å². The van der Waals surface area contributed by atoms with Crippen LogP contribution >= 0.6 is 11.6 Å². The van der Waals surface area contributed by atoms with Gasteiger partial charge in [0, 0.05) is 6.42 Å². The first-order valence-electron chi connectivity index (χ1n) is 5.15. The second kappa shape index (κ2) is 7.01. The molecule has 16 heavy (non-hydrogen) atoms. The van der Waals surface area contributed by atoms with Crippen molar-refractivity contribution in [3.8, 4) is 0 Å². The Morgan fingerprint density at radius 2 is 1.81 bits per heavy atom. The highest BCUT2D eigenvalue weighted by molar-refractivity contribution is 6.28. The number of rotatable bonds is 5. The van der Waals surface area contributed by atoms with Crippen molar-refractivity contribution in [1.29, 1.82) is 0 Å². The lowest BCUT2D eigenvalue weighted by Crippen LogP contribution is -2.31. The van der Waals surface area contributed by atoms with E-state index in [2.05, 4.69) is 5.32 Å². The molecule has 0 spiro atoms. The van der Waals surface area contributed by atoms with Gasteiger partial charge in [-0.15, -0.1) is 11.6 Å². The highest BCUT2D eigenvalue weighted by Gasteiger charge is 2.05. The number of hydrogen-bond acceptors (Lipinski definition) is 2. The van der Waals surface area contributed by atoms with Gasteiger partial charge in [0.1, 0.15) is 5.88 Å². The SMILES string of the molecule is O=C(CCl)NC(=O)CCCc1ccccc1. The summed E-state index contributed by atoms with van der Waals surface area (Å²) in [7, 11) is 0. The van der Waals surface area contributed by atoms with Crippen molar-refractivity contribution in [2.24, 2.45) is 0 Å². The third kappa shape index (κ3) is 4.94. The minimum atomic E-state index is -0.439. The van der Waals surface area contributed by atoms with Crippen LogP contribution in [-0.2, 0) is 16.0 Å². The van der Waals surface area contributed by atoms with Crippen molar-refractivity contribution < 1.29 is 9.59 Å². The number of aryl methyl sites for hydroxylation is 1. The Morgan fingerprint density at radius 3 is 2.44 bits per heavy atom. The van der Waals surface area contributed by atoms with Gasteiger partial charge in [-0.05, 0) is 18.4 Å². The first-order valence-corrected chi connectivity index (χ1v) is 5.68. The van der Waals surface area contributed by atoms with Crippen LogP contribution < -0.4 is 5.32 Å². The molecule has 86 valence electrons. The van der Waals surface area contributed by atoms with Crippen molar-refractivity contribution in [3.05, 3.63) is 35.9 Å². The lowest BCUT2D eigenvalue weighted by Gasteiger charge is -2.02. The van der Waals surface area contributed by atoms with Gasteiger partial charge in [0.2, 0.25) is 11.8 Å². The van der Waals surface area contributed by atoms with Crippen LogP contribution in [0.15, 0.2) is 30.3 Å². The molecule has 1 N–H and O–H groups in total. The van der Waals surface area contributed by atoms with Gasteiger partial charge in [0.25, 0.3) is 0 Å². The van der Waals surface area contributed by atoms with Crippen LogP contribution in [0, 0.1) is 0 Å². The van der Waals surface area contributed by atoms with Gasteiger partial charge >= 0.3 is 0 Å². The van der Waals surface area contributed by atoms with Gasteiger partial charge in [-0.25, -0.2) is 0 Å². The minimum absolute atomic E-state index is 0.176.